The smallest absolute Gasteiger partial charge is 0.317 e. The summed E-state index contributed by atoms with van der Waals surface area (Å²) in [5, 5.41) is 10.1. The van der Waals surface area contributed by atoms with E-state index >= 15 is 0 Å². The van der Waals surface area contributed by atoms with Crippen LogP contribution in [0.3, 0.4) is 0 Å². The fourth-order valence-corrected chi connectivity index (χ4v) is 2.91. The summed E-state index contributed by atoms with van der Waals surface area (Å²) in [6.07, 6.45) is 1.77. The summed E-state index contributed by atoms with van der Waals surface area (Å²) in [6.45, 7) is 5.56. The minimum Gasteiger partial charge on any atom is -0.480 e. The lowest BCUT2D eigenvalue weighted by atomic mass is 10.1. The van der Waals surface area contributed by atoms with Crippen LogP contribution in [0.4, 0.5) is 0 Å². The Bertz CT molecular complexity index is 643. The van der Waals surface area contributed by atoms with Gasteiger partial charge in [-0.25, -0.2) is 0 Å². The third-order valence-electron chi connectivity index (χ3n) is 3.18. The van der Waals surface area contributed by atoms with E-state index in [1.165, 1.54) is 0 Å². The molecular formula is C16H19BrN2O2. The van der Waals surface area contributed by atoms with E-state index in [1.54, 1.807) is 6.20 Å². The summed E-state index contributed by atoms with van der Waals surface area (Å²) in [4.78, 5) is 17.4. The van der Waals surface area contributed by atoms with E-state index in [9.17, 15) is 4.79 Å². The van der Waals surface area contributed by atoms with Crippen molar-refractivity contribution in [1.82, 2.24) is 9.88 Å². The van der Waals surface area contributed by atoms with E-state index in [0.717, 1.165) is 27.5 Å². The summed E-state index contributed by atoms with van der Waals surface area (Å²) < 4.78 is 1.00. The van der Waals surface area contributed by atoms with E-state index in [1.807, 2.05) is 29.2 Å². The van der Waals surface area contributed by atoms with Gasteiger partial charge in [-0.15, -0.1) is 0 Å². The van der Waals surface area contributed by atoms with E-state index in [4.69, 9.17) is 5.11 Å². The number of hydrogen-bond donors (Lipinski definition) is 1. The van der Waals surface area contributed by atoms with Crippen LogP contribution in [-0.2, 0) is 11.3 Å². The molecular weight excluding hydrogens is 332 g/mol. The van der Waals surface area contributed by atoms with Crippen molar-refractivity contribution in [3.63, 3.8) is 0 Å². The lowest BCUT2D eigenvalue weighted by Crippen LogP contribution is -2.32. The first-order valence-corrected chi connectivity index (χ1v) is 7.73. The Morgan fingerprint density at radius 2 is 2.14 bits per heavy atom. The molecule has 0 atom stereocenters. The lowest BCUT2D eigenvalue weighted by molar-refractivity contribution is -0.138. The first-order valence-electron chi connectivity index (χ1n) is 6.93. The van der Waals surface area contributed by atoms with Crippen LogP contribution in [0.15, 0.2) is 34.9 Å². The number of rotatable bonds is 6. The second-order valence-electron chi connectivity index (χ2n) is 5.56. The van der Waals surface area contributed by atoms with Crippen LogP contribution < -0.4 is 0 Å². The van der Waals surface area contributed by atoms with E-state index < -0.39 is 5.97 Å². The van der Waals surface area contributed by atoms with Gasteiger partial charge in [0.2, 0.25) is 0 Å². The van der Waals surface area contributed by atoms with Crippen molar-refractivity contribution in [3.05, 3.63) is 40.5 Å². The summed E-state index contributed by atoms with van der Waals surface area (Å²) in [7, 11) is 0. The normalized spacial score (nSPS) is 11.5. The molecule has 21 heavy (non-hydrogen) atoms. The summed E-state index contributed by atoms with van der Waals surface area (Å²) in [5.74, 6) is -0.385. The molecule has 1 aromatic heterocycles. The van der Waals surface area contributed by atoms with Crippen molar-refractivity contribution in [2.45, 2.75) is 20.4 Å². The average molecular weight is 351 g/mol. The molecule has 0 spiro atoms. The number of carbonyl (C=O) groups is 1. The molecule has 0 saturated carbocycles. The van der Waals surface area contributed by atoms with Crippen LogP contribution in [0.2, 0.25) is 0 Å². The average Bonchev–Trinajstić information content (AvgIpc) is 2.41. The number of aromatic nitrogens is 1. The summed E-state index contributed by atoms with van der Waals surface area (Å²) in [6, 6.07) is 7.92. The molecule has 0 aliphatic heterocycles. The second kappa shape index (κ2) is 7.00. The van der Waals surface area contributed by atoms with Crippen molar-refractivity contribution >= 4 is 32.8 Å². The Balaban J connectivity index is 2.32. The quantitative estimate of drug-likeness (QED) is 0.865. The molecule has 2 rings (SSSR count). The molecule has 0 radical (unpaired) electrons. The molecule has 0 unspecified atom stereocenters. The number of fused-ring (bicyclic) bond motifs is 1. The number of carboxylic acid groups (broad SMARTS) is 1. The number of nitrogens with zero attached hydrogens (tertiary/aromatic N) is 2. The van der Waals surface area contributed by atoms with Gasteiger partial charge in [-0.05, 0) is 23.6 Å². The number of benzene rings is 1. The minimum atomic E-state index is -0.801. The Hall–Kier alpha value is -1.46. The monoisotopic (exact) mass is 350 g/mol. The Kier molecular flexibility index (Phi) is 5.31. The van der Waals surface area contributed by atoms with Gasteiger partial charge in [-0.2, -0.15) is 0 Å². The molecule has 0 fully saturated rings. The van der Waals surface area contributed by atoms with Gasteiger partial charge < -0.3 is 5.11 Å². The maximum absolute atomic E-state index is 11.0. The highest BCUT2D eigenvalue weighted by Gasteiger charge is 2.14. The Morgan fingerprint density at radius 1 is 1.38 bits per heavy atom. The molecule has 4 nitrogen and oxygen atoms in total. The molecule has 1 aromatic carbocycles. The third-order valence-corrected chi connectivity index (χ3v) is 3.87. The van der Waals surface area contributed by atoms with E-state index in [-0.39, 0.29) is 6.54 Å². The number of halogens is 1. The minimum absolute atomic E-state index is 0.0442. The molecule has 0 aliphatic rings. The molecule has 1 N–H and O–H groups in total. The third kappa shape index (κ3) is 4.25. The van der Waals surface area contributed by atoms with Gasteiger partial charge in [0.1, 0.15) is 0 Å². The Morgan fingerprint density at radius 3 is 2.81 bits per heavy atom. The number of pyridine rings is 1. The van der Waals surface area contributed by atoms with Crippen molar-refractivity contribution in [2.24, 2.45) is 5.92 Å². The second-order valence-corrected chi connectivity index (χ2v) is 6.42. The number of aliphatic carboxylic acids is 1. The van der Waals surface area contributed by atoms with Gasteiger partial charge >= 0.3 is 5.97 Å². The molecule has 0 amide bonds. The van der Waals surface area contributed by atoms with Crippen LogP contribution in [0.25, 0.3) is 10.9 Å². The maximum atomic E-state index is 11.0. The molecule has 5 heteroatoms. The molecule has 0 aliphatic carbocycles. The topological polar surface area (TPSA) is 53.4 Å². The first-order chi connectivity index (χ1) is 9.97. The maximum Gasteiger partial charge on any atom is 0.317 e. The lowest BCUT2D eigenvalue weighted by Gasteiger charge is -2.23. The summed E-state index contributed by atoms with van der Waals surface area (Å²) >= 11 is 3.53. The predicted octanol–water partition coefficient (Wildman–Crippen LogP) is 3.54. The first kappa shape index (κ1) is 15.9. The summed E-state index contributed by atoms with van der Waals surface area (Å²) in [5.41, 5.74) is 1.97. The van der Waals surface area contributed by atoms with Gasteiger partial charge in [-0.1, -0.05) is 41.9 Å². The zero-order valence-corrected chi connectivity index (χ0v) is 13.8. The van der Waals surface area contributed by atoms with Gasteiger partial charge in [0.05, 0.1) is 12.1 Å². The molecule has 112 valence electrons. The van der Waals surface area contributed by atoms with Gasteiger partial charge in [0.15, 0.2) is 0 Å². The molecule has 2 aromatic rings. The predicted molar refractivity (Wildman–Crippen MR) is 87.2 cm³/mol. The number of hydrogen-bond acceptors (Lipinski definition) is 3. The van der Waals surface area contributed by atoms with E-state index in [0.29, 0.717) is 12.5 Å². The fraction of sp³-hybridized carbons (Fsp3) is 0.375. The standard InChI is InChI=1S/C16H19BrN2O2/c1-11(2)8-19(10-15(20)21)9-12-5-6-14(17)13-4-3-7-18-16(12)13/h3-7,11H,8-10H2,1-2H3,(H,20,21). The zero-order valence-electron chi connectivity index (χ0n) is 12.2. The van der Waals surface area contributed by atoms with Crippen molar-refractivity contribution in [2.75, 3.05) is 13.1 Å². The highest BCUT2D eigenvalue weighted by Crippen LogP contribution is 2.26. The zero-order chi connectivity index (χ0) is 15.4. The van der Waals surface area contributed by atoms with Crippen LogP contribution in [-0.4, -0.2) is 34.0 Å². The van der Waals surface area contributed by atoms with Crippen LogP contribution in [0, 0.1) is 5.92 Å². The fourth-order valence-electron chi connectivity index (χ4n) is 2.46. The molecule has 0 saturated heterocycles. The molecule has 1 heterocycles. The Labute approximate surface area is 132 Å². The van der Waals surface area contributed by atoms with Crippen LogP contribution in [0.5, 0.6) is 0 Å². The van der Waals surface area contributed by atoms with Gasteiger partial charge in [0, 0.05) is 29.1 Å². The van der Waals surface area contributed by atoms with Crippen LogP contribution >= 0.6 is 15.9 Å². The highest BCUT2D eigenvalue weighted by atomic mass is 79.9. The molecule has 0 bridgehead atoms. The highest BCUT2D eigenvalue weighted by molar-refractivity contribution is 9.10. The van der Waals surface area contributed by atoms with Crippen molar-refractivity contribution in [3.8, 4) is 0 Å². The van der Waals surface area contributed by atoms with Crippen LogP contribution in [0.1, 0.15) is 19.4 Å². The van der Waals surface area contributed by atoms with Crippen molar-refractivity contribution < 1.29 is 9.90 Å². The SMILES string of the molecule is CC(C)CN(CC(=O)O)Cc1ccc(Br)c2cccnc12. The van der Waals surface area contributed by atoms with Crippen molar-refractivity contribution in [1.29, 1.82) is 0 Å². The van der Waals surface area contributed by atoms with Gasteiger partial charge in [0.25, 0.3) is 0 Å². The largest absolute Gasteiger partial charge is 0.480 e. The number of carboxylic acids is 1. The van der Waals surface area contributed by atoms with E-state index in [2.05, 4.69) is 34.8 Å². The van der Waals surface area contributed by atoms with Gasteiger partial charge in [-0.3, -0.25) is 14.7 Å².